The van der Waals surface area contributed by atoms with Crippen LogP contribution in [0.4, 0.5) is 0 Å². The van der Waals surface area contributed by atoms with Crippen molar-refractivity contribution in [1.82, 2.24) is 0 Å². The first-order valence-electron chi connectivity index (χ1n) is 11.6. The molecule has 8 heteroatoms. The van der Waals surface area contributed by atoms with Crippen LogP contribution in [-0.2, 0) is 19.0 Å². The molecule has 30 heavy (non-hydrogen) atoms. The monoisotopic (exact) mass is 434 g/mol. The van der Waals surface area contributed by atoms with Gasteiger partial charge in [0, 0.05) is 13.0 Å². The van der Waals surface area contributed by atoms with Gasteiger partial charge in [0.15, 0.2) is 6.29 Å². The Balaban J connectivity index is 1.96. The molecule has 0 saturated carbocycles. The first-order valence-corrected chi connectivity index (χ1v) is 11.6. The highest BCUT2D eigenvalue weighted by Gasteiger charge is 2.43. The minimum Gasteiger partial charge on any atom is -0.466 e. The van der Waals surface area contributed by atoms with Crippen molar-refractivity contribution in [2.75, 3.05) is 19.8 Å². The van der Waals surface area contributed by atoms with Crippen LogP contribution in [0.2, 0.25) is 0 Å². The largest absolute Gasteiger partial charge is 0.466 e. The number of rotatable bonds is 17. The molecule has 5 atom stereocenters. The molecule has 0 aliphatic carbocycles. The summed E-state index contributed by atoms with van der Waals surface area (Å²) in [5, 5.41) is 38.4. The average molecular weight is 435 g/mol. The normalized spacial score (nSPS) is 26.6. The van der Waals surface area contributed by atoms with E-state index < -0.39 is 37.3 Å². The van der Waals surface area contributed by atoms with Crippen molar-refractivity contribution >= 4 is 5.97 Å². The lowest BCUT2D eigenvalue weighted by Crippen LogP contribution is -2.59. The number of unbranched alkanes of at least 4 members (excludes halogenated alkanes) is 9. The summed E-state index contributed by atoms with van der Waals surface area (Å²) < 4.78 is 15.9. The van der Waals surface area contributed by atoms with Gasteiger partial charge in [-0.2, -0.15) is 0 Å². The summed E-state index contributed by atoms with van der Waals surface area (Å²) in [6, 6.07) is 0. The van der Waals surface area contributed by atoms with E-state index in [0.29, 0.717) is 25.9 Å². The lowest BCUT2D eigenvalue weighted by atomic mass is 9.99. The fourth-order valence-corrected chi connectivity index (χ4v) is 3.45. The van der Waals surface area contributed by atoms with E-state index in [1.165, 1.54) is 44.9 Å². The number of esters is 1. The van der Waals surface area contributed by atoms with Gasteiger partial charge in [-0.25, -0.2) is 0 Å². The van der Waals surface area contributed by atoms with Crippen LogP contribution < -0.4 is 0 Å². The van der Waals surface area contributed by atoms with E-state index in [1.54, 1.807) is 0 Å². The van der Waals surface area contributed by atoms with Crippen molar-refractivity contribution in [1.29, 1.82) is 0 Å². The molecule has 1 fully saturated rings. The Bertz CT molecular complexity index is 431. The molecule has 0 radical (unpaired) electrons. The summed E-state index contributed by atoms with van der Waals surface area (Å²) in [6.07, 6.45) is 6.21. The van der Waals surface area contributed by atoms with Crippen molar-refractivity contribution in [2.45, 2.75) is 115 Å². The summed E-state index contributed by atoms with van der Waals surface area (Å²) in [7, 11) is 0. The topological polar surface area (TPSA) is 126 Å². The molecule has 0 spiro atoms. The van der Waals surface area contributed by atoms with Gasteiger partial charge in [-0.15, -0.1) is 0 Å². The van der Waals surface area contributed by atoms with Crippen LogP contribution in [0.1, 0.15) is 84.0 Å². The van der Waals surface area contributed by atoms with Gasteiger partial charge < -0.3 is 34.6 Å². The van der Waals surface area contributed by atoms with Crippen LogP contribution in [0.3, 0.4) is 0 Å². The molecule has 1 aliphatic heterocycles. The van der Waals surface area contributed by atoms with Crippen LogP contribution in [0.25, 0.3) is 0 Å². The van der Waals surface area contributed by atoms with Gasteiger partial charge in [0.25, 0.3) is 0 Å². The maximum Gasteiger partial charge on any atom is 0.305 e. The molecule has 0 bridgehead atoms. The Hall–Kier alpha value is -0.770. The highest BCUT2D eigenvalue weighted by atomic mass is 16.7. The van der Waals surface area contributed by atoms with Gasteiger partial charge >= 0.3 is 5.97 Å². The second-order valence-electron chi connectivity index (χ2n) is 8.07. The highest BCUT2D eigenvalue weighted by molar-refractivity contribution is 5.69. The third kappa shape index (κ3) is 11.0. The maximum absolute atomic E-state index is 11.7. The van der Waals surface area contributed by atoms with Crippen LogP contribution in [-0.4, -0.2) is 76.9 Å². The number of hydrogen-bond donors (Lipinski definition) is 4. The summed E-state index contributed by atoms with van der Waals surface area (Å²) in [5.41, 5.74) is 0. The third-order valence-corrected chi connectivity index (χ3v) is 5.42. The fourth-order valence-electron chi connectivity index (χ4n) is 3.45. The molecule has 0 aromatic carbocycles. The average Bonchev–Trinajstić information content (AvgIpc) is 2.74. The number of carbonyl (C=O) groups is 1. The Labute approximate surface area is 180 Å². The third-order valence-electron chi connectivity index (χ3n) is 5.42. The maximum atomic E-state index is 11.7. The van der Waals surface area contributed by atoms with Crippen molar-refractivity contribution < 1.29 is 39.4 Å². The van der Waals surface area contributed by atoms with Gasteiger partial charge in [0.1, 0.15) is 24.4 Å². The predicted octanol–water partition coefficient (Wildman–Crippen LogP) is 2.05. The summed E-state index contributed by atoms with van der Waals surface area (Å²) in [4.78, 5) is 11.7. The van der Waals surface area contributed by atoms with E-state index in [1.807, 2.05) is 0 Å². The molecule has 0 amide bonds. The number of hydrogen-bond acceptors (Lipinski definition) is 8. The SMILES string of the molecule is CCCCCCCCCCCC(=O)OCCCCO[C@H]1O[C@H](CO)[C@@H](O)[C@H](O)[C@H]1O. The quantitative estimate of drug-likeness (QED) is 0.202. The lowest BCUT2D eigenvalue weighted by Gasteiger charge is -2.39. The van der Waals surface area contributed by atoms with Crippen molar-refractivity contribution in [2.24, 2.45) is 0 Å². The van der Waals surface area contributed by atoms with E-state index in [-0.39, 0.29) is 12.6 Å². The van der Waals surface area contributed by atoms with Gasteiger partial charge in [0.2, 0.25) is 0 Å². The number of aliphatic hydroxyl groups excluding tert-OH is 4. The second kappa shape index (κ2) is 16.9. The zero-order chi connectivity index (χ0) is 22.2. The molecule has 1 heterocycles. The van der Waals surface area contributed by atoms with Crippen LogP contribution >= 0.6 is 0 Å². The molecule has 1 aliphatic rings. The van der Waals surface area contributed by atoms with E-state index >= 15 is 0 Å². The Morgan fingerprint density at radius 3 is 2.03 bits per heavy atom. The molecule has 1 rings (SSSR count). The first-order chi connectivity index (χ1) is 14.5. The van der Waals surface area contributed by atoms with E-state index in [0.717, 1.165) is 12.8 Å². The van der Waals surface area contributed by atoms with Gasteiger partial charge in [0.05, 0.1) is 13.2 Å². The molecular formula is C22H42O8. The predicted molar refractivity (Wildman–Crippen MR) is 112 cm³/mol. The van der Waals surface area contributed by atoms with Crippen LogP contribution in [0, 0.1) is 0 Å². The Kier molecular flexibility index (Phi) is 15.3. The number of aliphatic hydroxyl groups is 4. The fraction of sp³-hybridized carbons (Fsp3) is 0.955. The van der Waals surface area contributed by atoms with Crippen molar-refractivity contribution in [3.05, 3.63) is 0 Å². The lowest BCUT2D eigenvalue weighted by molar-refractivity contribution is -0.301. The Morgan fingerprint density at radius 2 is 1.40 bits per heavy atom. The van der Waals surface area contributed by atoms with Crippen molar-refractivity contribution in [3.63, 3.8) is 0 Å². The number of carbonyl (C=O) groups excluding carboxylic acids is 1. The molecule has 1 saturated heterocycles. The molecule has 0 aromatic heterocycles. The number of ether oxygens (including phenoxy) is 3. The molecule has 0 unspecified atom stereocenters. The smallest absolute Gasteiger partial charge is 0.305 e. The van der Waals surface area contributed by atoms with Gasteiger partial charge in [-0.1, -0.05) is 58.3 Å². The van der Waals surface area contributed by atoms with E-state index in [2.05, 4.69) is 6.92 Å². The van der Waals surface area contributed by atoms with Gasteiger partial charge in [-0.05, 0) is 19.3 Å². The van der Waals surface area contributed by atoms with Crippen molar-refractivity contribution in [3.8, 4) is 0 Å². The second-order valence-corrected chi connectivity index (χ2v) is 8.07. The van der Waals surface area contributed by atoms with E-state index in [4.69, 9.17) is 19.3 Å². The first kappa shape index (κ1) is 27.3. The van der Waals surface area contributed by atoms with E-state index in [9.17, 15) is 20.1 Å². The minimum absolute atomic E-state index is 0.173. The minimum atomic E-state index is -1.44. The van der Waals surface area contributed by atoms with Gasteiger partial charge in [-0.3, -0.25) is 4.79 Å². The summed E-state index contributed by atoms with van der Waals surface area (Å²) >= 11 is 0. The molecule has 0 aromatic rings. The standard InChI is InChI=1S/C22H42O8/c1-2-3-4-5-6-7-8-9-10-13-18(24)28-14-11-12-15-29-22-21(27)20(26)19(25)17(16-23)30-22/h17,19-23,25-27H,2-16H2,1H3/t17-,19-,20+,21-,22+/m1/s1. The molecular weight excluding hydrogens is 392 g/mol. The summed E-state index contributed by atoms with van der Waals surface area (Å²) in [6.45, 7) is 2.28. The van der Waals surface area contributed by atoms with Crippen LogP contribution in [0.5, 0.6) is 0 Å². The molecule has 178 valence electrons. The molecule has 4 N–H and O–H groups in total. The summed E-state index contributed by atoms with van der Waals surface area (Å²) in [5.74, 6) is -0.173. The zero-order valence-electron chi connectivity index (χ0n) is 18.4. The van der Waals surface area contributed by atoms with Crippen LogP contribution in [0.15, 0.2) is 0 Å². The molecule has 8 nitrogen and oxygen atoms in total. The Morgan fingerprint density at radius 1 is 0.800 bits per heavy atom. The zero-order valence-corrected chi connectivity index (χ0v) is 18.4. The highest BCUT2D eigenvalue weighted by Crippen LogP contribution is 2.22.